The van der Waals surface area contributed by atoms with Crippen LogP contribution in [0.15, 0.2) is 36.9 Å². The fourth-order valence-corrected chi connectivity index (χ4v) is 1.98. The first-order valence-electron chi connectivity index (χ1n) is 6.57. The molecule has 0 saturated carbocycles. The van der Waals surface area contributed by atoms with Crippen LogP contribution in [-0.4, -0.2) is 35.6 Å². The van der Waals surface area contributed by atoms with Gasteiger partial charge in [-0.15, -0.1) is 0 Å². The topological polar surface area (TPSA) is 98.5 Å². The van der Waals surface area contributed by atoms with E-state index >= 15 is 0 Å². The Bertz CT molecular complexity index is 813. The van der Waals surface area contributed by atoms with Crippen LogP contribution in [0.3, 0.4) is 0 Å². The van der Waals surface area contributed by atoms with E-state index in [-0.39, 0.29) is 5.82 Å². The lowest BCUT2D eigenvalue weighted by Crippen LogP contribution is -2.16. The number of nitrogens with one attached hydrogen (secondary N) is 1. The summed E-state index contributed by atoms with van der Waals surface area (Å²) in [6.07, 6.45) is 4.37. The van der Waals surface area contributed by atoms with Gasteiger partial charge in [0.1, 0.15) is 12.1 Å². The Kier molecular flexibility index (Phi) is 3.57. The second-order valence-corrected chi connectivity index (χ2v) is 4.63. The van der Waals surface area contributed by atoms with E-state index in [4.69, 9.17) is 0 Å². The maximum absolute atomic E-state index is 12.0. The number of carbonyl (C=O) groups is 1. The molecule has 8 nitrogen and oxygen atoms in total. The maximum atomic E-state index is 12.0. The molecule has 3 rings (SSSR count). The predicted molar refractivity (Wildman–Crippen MR) is 78.6 cm³/mol. The SMILES string of the molecule is Cc1cc(C)n(-c2cc(NC(=O)c3ncccn3)ncn2)n1. The Balaban J connectivity index is 1.86. The van der Waals surface area contributed by atoms with Crippen LogP contribution in [0.4, 0.5) is 5.82 Å². The quantitative estimate of drug-likeness (QED) is 0.782. The molecule has 0 unspecified atom stereocenters. The molecule has 3 aromatic heterocycles. The van der Waals surface area contributed by atoms with Crippen LogP contribution in [0, 0.1) is 13.8 Å². The van der Waals surface area contributed by atoms with Crippen molar-refractivity contribution >= 4 is 11.7 Å². The summed E-state index contributed by atoms with van der Waals surface area (Å²) >= 11 is 0. The van der Waals surface area contributed by atoms with Gasteiger partial charge in [0.25, 0.3) is 5.91 Å². The van der Waals surface area contributed by atoms with Gasteiger partial charge in [0.15, 0.2) is 5.82 Å². The second kappa shape index (κ2) is 5.68. The zero-order chi connectivity index (χ0) is 15.5. The Labute approximate surface area is 126 Å². The van der Waals surface area contributed by atoms with Crippen molar-refractivity contribution in [2.45, 2.75) is 13.8 Å². The van der Waals surface area contributed by atoms with Gasteiger partial charge < -0.3 is 5.32 Å². The lowest BCUT2D eigenvalue weighted by molar-refractivity contribution is 0.101. The fourth-order valence-electron chi connectivity index (χ4n) is 1.98. The van der Waals surface area contributed by atoms with Gasteiger partial charge in [-0.2, -0.15) is 5.10 Å². The second-order valence-electron chi connectivity index (χ2n) is 4.63. The number of aryl methyl sites for hydroxylation is 2. The summed E-state index contributed by atoms with van der Waals surface area (Å²) < 4.78 is 1.69. The number of amides is 1. The zero-order valence-corrected chi connectivity index (χ0v) is 12.1. The van der Waals surface area contributed by atoms with E-state index < -0.39 is 5.91 Å². The smallest absolute Gasteiger partial charge is 0.294 e. The highest BCUT2D eigenvalue weighted by Gasteiger charge is 2.11. The van der Waals surface area contributed by atoms with E-state index in [0.29, 0.717) is 11.6 Å². The molecule has 0 aromatic carbocycles. The van der Waals surface area contributed by atoms with Crippen molar-refractivity contribution in [2.24, 2.45) is 0 Å². The molecule has 0 spiro atoms. The molecule has 0 aliphatic carbocycles. The highest BCUT2D eigenvalue weighted by atomic mass is 16.2. The maximum Gasteiger partial charge on any atom is 0.294 e. The molecule has 0 saturated heterocycles. The molecule has 0 aliphatic heterocycles. The molecule has 0 aliphatic rings. The highest BCUT2D eigenvalue weighted by molar-refractivity contribution is 6.00. The fraction of sp³-hybridized carbons (Fsp3) is 0.143. The van der Waals surface area contributed by atoms with Crippen LogP contribution in [-0.2, 0) is 0 Å². The Morgan fingerprint density at radius 3 is 2.55 bits per heavy atom. The summed E-state index contributed by atoms with van der Waals surface area (Å²) in [5.74, 6) is 0.576. The van der Waals surface area contributed by atoms with Crippen molar-refractivity contribution < 1.29 is 4.79 Å². The van der Waals surface area contributed by atoms with E-state index in [2.05, 4.69) is 30.4 Å². The number of aromatic nitrogens is 6. The minimum atomic E-state index is -0.432. The molecule has 0 radical (unpaired) electrons. The minimum absolute atomic E-state index is 0.0776. The zero-order valence-electron chi connectivity index (χ0n) is 12.1. The number of carbonyl (C=O) groups excluding carboxylic acids is 1. The van der Waals surface area contributed by atoms with Crippen molar-refractivity contribution in [3.63, 3.8) is 0 Å². The van der Waals surface area contributed by atoms with Gasteiger partial charge in [-0.1, -0.05) is 0 Å². The highest BCUT2D eigenvalue weighted by Crippen LogP contribution is 2.12. The first kappa shape index (κ1) is 13.8. The molecule has 110 valence electrons. The van der Waals surface area contributed by atoms with Crippen LogP contribution in [0.5, 0.6) is 0 Å². The minimum Gasteiger partial charge on any atom is -0.304 e. The summed E-state index contributed by atoms with van der Waals surface area (Å²) in [4.78, 5) is 28.0. The monoisotopic (exact) mass is 295 g/mol. The first-order chi connectivity index (χ1) is 10.6. The number of hydrogen-bond donors (Lipinski definition) is 1. The normalized spacial score (nSPS) is 10.5. The molecule has 1 amide bonds. The molecular formula is C14H13N7O. The van der Waals surface area contributed by atoms with Gasteiger partial charge in [-0.25, -0.2) is 24.6 Å². The van der Waals surface area contributed by atoms with Gasteiger partial charge in [-0.05, 0) is 26.0 Å². The third-order valence-corrected chi connectivity index (χ3v) is 2.89. The molecule has 8 heteroatoms. The Morgan fingerprint density at radius 2 is 1.86 bits per heavy atom. The van der Waals surface area contributed by atoms with Crippen LogP contribution < -0.4 is 5.32 Å². The standard InChI is InChI=1S/C14H13N7O/c1-9-6-10(2)21(20-9)12-7-11(17-8-18-12)19-14(22)13-15-4-3-5-16-13/h3-8H,1-2H3,(H,17,18,19,22). The van der Waals surface area contributed by atoms with Gasteiger partial charge in [0.05, 0.1) is 5.69 Å². The van der Waals surface area contributed by atoms with Gasteiger partial charge in [0.2, 0.25) is 5.82 Å². The van der Waals surface area contributed by atoms with Crippen molar-refractivity contribution in [1.29, 1.82) is 0 Å². The van der Waals surface area contributed by atoms with Gasteiger partial charge in [0, 0.05) is 24.2 Å². The van der Waals surface area contributed by atoms with Crippen molar-refractivity contribution in [3.8, 4) is 5.82 Å². The lowest BCUT2D eigenvalue weighted by atomic mass is 10.4. The Morgan fingerprint density at radius 1 is 1.09 bits per heavy atom. The van der Waals surface area contributed by atoms with E-state index in [9.17, 15) is 4.79 Å². The number of anilines is 1. The van der Waals surface area contributed by atoms with Crippen LogP contribution in [0.25, 0.3) is 5.82 Å². The lowest BCUT2D eigenvalue weighted by Gasteiger charge is -2.06. The summed E-state index contributed by atoms with van der Waals surface area (Å²) in [7, 11) is 0. The van der Waals surface area contributed by atoms with Crippen LogP contribution in [0.2, 0.25) is 0 Å². The van der Waals surface area contributed by atoms with Crippen LogP contribution in [0.1, 0.15) is 22.0 Å². The first-order valence-corrected chi connectivity index (χ1v) is 6.57. The van der Waals surface area contributed by atoms with Gasteiger partial charge >= 0.3 is 0 Å². The average Bonchev–Trinajstić information content (AvgIpc) is 2.87. The molecule has 0 atom stereocenters. The van der Waals surface area contributed by atoms with Crippen molar-refractivity contribution in [3.05, 3.63) is 54.1 Å². The molecule has 0 fully saturated rings. The molecular weight excluding hydrogens is 282 g/mol. The average molecular weight is 295 g/mol. The van der Waals surface area contributed by atoms with E-state index in [1.807, 2.05) is 19.9 Å². The number of nitrogens with zero attached hydrogens (tertiary/aromatic N) is 6. The Hall–Kier alpha value is -3.16. The summed E-state index contributed by atoms with van der Waals surface area (Å²) in [5, 5.41) is 6.99. The summed E-state index contributed by atoms with van der Waals surface area (Å²) in [6, 6.07) is 5.22. The molecule has 1 N–H and O–H groups in total. The van der Waals surface area contributed by atoms with E-state index in [1.165, 1.54) is 18.7 Å². The van der Waals surface area contributed by atoms with Crippen LogP contribution >= 0.6 is 0 Å². The molecule has 0 bridgehead atoms. The number of rotatable bonds is 3. The van der Waals surface area contributed by atoms with E-state index in [0.717, 1.165) is 11.4 Å². The van der Waals surface area contributed by atoms with Crippen molar-refractivity contribution in [2.75, 3.05) is 5.32 Å². The molecule has 3 aromatic rings. The summed E-state index contributed by atoms with van der Waals surface area (Å²) in [6.45, 7) is 3.83. The predicted octanol–water partition coefficient (Wildman–Crippen LogP) is 1.32. The number of hydrogen-bond acceptors (Lipinski definition) is 6. The summed E-state index contributed by atoms with van der Waals surface area (Å²) in [5.41, 5.74) is 1.83. The van der Waals surface area contributed by atoms with Crippen molar-refractivity contribution in [1.82, 2.24) is 29.7 Å². The third-order valence-electron chi connectivity index (χ3n) is 2.89. The molecule has 22 heavy (non-hydrogen) atoms. The van der Waals surface area contributed by atoms with E-state index in [1.54, 1.807) is 16.8 Å². The third kappa shape index (κ3) is 2.80. The molecule has 3 heterocycles. The largest absolute Gasteiger partial charge is 0.304 e. The van der Waals surface area contributed by atoms with Gasteiger partial charge in [-0.3, -0.25) is 4.79 Å².